The van der Waals surface area contributed by atoms with Crippen LogP contribution in [-0.4, -0.2) is 43.7 Å². The average molecular weight is 301 g/mol. The lowest BCUT2D eigenvalue weighted by molar-refractivity contribution is -0.0218. The molecule has 1 saturated heterocycles. The van der Waals surface area contributed by atoms with Gasteiger partial charge in [0.1, 0.15) is 0 Å². The summed E-state index contributed by atoms with van der Waals surface area (Å²) in [6.45, 7) is 1.69. The fraction of sp³-hybridized carbons (Fsp3) is 0.353. The van der Waals surface area contributed by atoms with Crippen molar-refractivity contribution in [2.24, 2.45) is 0 Å². The Morgan fingerprint density at radius 1 is 1.27 bits per heavy atom. The molecule has 5 heteroatoms. The Balaban J connectivity index is 1.63. The molecule has 0 bridgehead atoms. The molecule has 0 N–H and O–H groups in total. The van der Waals surface area contributed by atoms with Crippen molar-refractivity contribution in [3.05, 3.63) is 53.8 Å². The van der Waals surface area contributed by atoms with Crippen molar-refractivity contribution in [3.63, 3.8) is 0 Å². The number of carbonyl (C=O) groups excluding carboxylic acids is 1. The lowest BCUT2D eigenvalue weighted by Crippen LogP contribution is -2.46. The van der Waals surface area contributed by atoms with Crippen molar-refractivity contribution < 1.29 is 18.7 Å². The van der Waals surface area contributed by atoms with E-state index in [1.54, 1.807) is 17.0 Å². The van der Waals surface area contributed by atoms with Crippen LogP contribution in [0.25, 0.3) is 0 Å². The molecule has 1 aromatic carbocycles. The van der Waals surface area contributed by atoms with Crippen molar-refractivity contribution in [1.82, 2.24) is 4.90 Å². The van der Waals surface area contributed by atoms with E-state index in [0.29, 0.717) is 31.4 Å². The highest BCUT2D eigenvalue weighted by atomic mass is 16.6. The van der Waals surface area contributed by atoms with Gasteiger partial charge in [-0.05, 0) is 11.6 Å². The number of amides is 1. The second-order valence-electron chi connectivity index (χ2n) is 5.26. The number of nitrogens with zero attached hydrogens (tertiary/aromatic N) is 1. The molecule has 0 saturated carbocycles. The van der Waals surface area contributed by atoms with E-state index in [-0.39, 0.29) is 12.0 Å². The van der Waals surface area contributed by atoms with E-state index in [4.69, 9.17) is 13.9 Å². The molecule has 0 aliphatic carbocycles. The maximum Gasteiger partial charge on any atom is 0.289 e. The van der Waals surface area contributed by atoms with E-state index in [9.17, 15) is 4.79 Å². The third-order valence-corrected chi connectivity index (χ3v) is 3.73. The Kier molecular flexibility index (Phi) is 4.44. The second-order valence-corrected chi connectivity index (χ2v) is 5.26. The first-order valence-electron chi connectivity index (χ1n) is 7.35. The SMILES string of the molecule is COc1ccc(C(=O)N2CCO[C@@H](Cc3ccccc3)C2)o1. The minimum absolute atomic E-state index is 0.0111. The number of benzene rings is 1. The summed E-state index contributed by atoms with van der Waals surface area (Å²) >= 11 is 0. The highest BCUT2D eigenvalue weighted by molar-refractivity contribution is 5.91. The molecule has 1 aliphatic rings. The maximum atomic E-state index is 12.4. The van der Waals surface area contributed by atoms with Gasteiger partial charge in [0.05, 0.1) is 19.8 Å². The van der Waals surface area contributed by atoms with Crippen LogP contribution in [0.3, 0.4) is 0 Å². The first kappa shape index (κ1) is 14.7. The summed E-state index contributed by atoms with van der Waals surface area (Å²) in [6, 6.07) is 13.4. The van der Waals surface area contributed by atoms with Crippen molar-refractivity contribution >= 4 is 5.91 Å². The number of hydrogen-bond acceptors (Lipinski definition) is 4. The van der Waals surface area contributed by atoms with Gasteiger partial charge in [0.15, 0.2) is 5.76 Å². The molecule has 2 heterocycles. The third-order valence-electron chi connectivity index (χ3n) is 3.73. The average Bonchev–Trinajstić information content (AvgIpc) is 3.04. The Hall–Kier alpha value is -2.27. The predicted octanol–water partition coefficient (Wildman–Crippen LogP) is 2.37. The van der Waals surface area contributed by atoms with Gasteiger partial charge in [0.25, 0.3) is 11.9 Å². The number of methoxy groups -OCH3 is 1. The lowest BCUT2D eigenvalue weighted by Gasteiger charge is -2.32. The Bertz CT molecular complexity index is 623. The van der Waals surface area contributed by atoms with E-state index in [0.717, 1.165) is 6.42 Å². The van der Waals surface area contributed by atoms with Gasteiger partial charge in [0, 0.05) is 25.6 Å². The van der Waals surface area contributed by atoms with Gasteiger partial charge in [0.2, 0.25) is 0 Å². The van der Waals surface area contributed by atoms with E-state index < -0.39 is 0 Å². The van der Waals surface area contributed by atoms with Gasteiger partial charge < -0.3 is 18.8 Å². The molecule has 1 fully saturated rings. The van der Waals surface area contributed by atoms with Crippen LogP contribution in [0.2, 0.25) is 0 Å². The van der Waals surface area contributed by atoms with Gasteiger partial charge in [-0.25, -0.2) is 0 Å². The topological polar surface area (TPSA) is 51.9 Å². The zero-order chi connectivity index (χ0) is 15.4. The van der Waals surface area contributed by atoms with E-state index in [2.05, 4.69) is 12.1 Å². The quantitative estimate of drug-likeness (QED) is 0.870. The summed E-state index contributed by atoms with van der Waals surface area (Å²) in [6.07, 6.45) is 0.809. The van der Waals surface area contributed by atoms with Crippen molar-refractivity contribution in [2.45, 2.75) is 12.5 Å². The van der Waals surface area contributed by atoms with Crippen LogP contribution in [0.4, 0.5) is 0 Å². The molecular weight excluding hydrogens is 282 g/mol. The molecule has 0 radical (unpaired) electrons. The van der Waals surface area contributed by atoms with E-state index >= 15 is 0 Å². The molecule has 1 aromatic heterocycles. The largest absolute Gasteiger partial charge is 0.468 e. The van der Waals surface area contributed by atoms with Gasteiger partial charge in [-0.2, -0.15) is 0 Å². The smallest absolute Gasteiger partial charge is 0.289 e. The van der Waals surface area contributed by atoms with E-state index in [1.807, 2.05) is 18.2 Å². The van der Waals surface area contributed by atoms with Crippen LogP contribution in [0.1, 0.15) is 16.1 Å². The van der Waals surface area contributed by atoms with Crippen molar-refractivity contribution in [2.75, 3.05) is 26.8 Å². The molecular formula is C17H19NO4. The fourth-order valence-corrected chi connectivity index (χ4v) is 2.60. The molecule has 0 spiro atoms. The van der Waals surface area contributed by atoms with Gasteiger partial charge in [-0.1, -0.05) is 30.3 Å². The minimum Gasteiger partial charge on any atom is -0.468 e. The van der Waals surface area contributed by atoms with Crippen LogP contribution in [-0.2, 0) is 11.2 Å². The summed E-state index contributed by atoms with van der Waals surface area (Å²) in [4.78, 5) is 14.2. The lowest BCUT2D eigenvalue weighted by atomic mass is 10.1. The Labute approximate surface area is 129 Å². The van der Waals surface area contributed by atoms with Crippen LogP contribution >= 0.6 is 0 Å². The number of morpholine rings is 1. The normalized spacial score (nSPS) is 18.2. The van der Waals surface area contributed by atoms with E-state index in [1.165, 1.54) is 12.7 Å². The summed E-state index contributed by atoms with van der Waals surface area (Å²) in [5.74, 6) is 0.527. The number of ether oxygens (including phenoxy) is 2. The van der Waals surface area contributed by atoms with Crippen LogP contribution in [0.15, 0.2) is 46.9 Å². The van der Waals surface area contributed by atoms with Crippen molar-refractivity contribution in [1.29, 1.82) is 0 Å². The molecule has 1 atom stereocenters. The van der Waals surface area contributed by atoms with Gasteiger partial charge in [-0.3, -0.25) is 4.79 Å². The Morgan fingerprint density at radius 2 is 2.09 bits per heavy atom. The number of rotatable bonds is 4. The highest BCUT2D eigenvalue weighted by Gasteiger charge is 2.27. The molecule has 22 heavy (non-hydrogen) atoms. The fourth-order valence-electron chi connectivity index (χ4n) is 2.60. The predicted molar refractivity (Wildman–Crippen MR) is 81.0 cm³/mol. The molecule has 0 unspecified atom stereocenters. The zero-order valence-electron chi connectivity index (χ0n) is 12.5. The van der Waals surface area contributed by atoms with Crippen molar-refractivity contribution in [3.8, 4) is 5.95 Å². The second kappa shape index (κ2) is 6.66. The van der Waals surface area contributed by atoms with Gasteiger partial charge in [-0.15, -0.1) is 0 Å². The molecule has 3 rings (SSSR count). The van der Waals surface area contributed by atoms with Crippen LogP contribution < -0.4 is 4.74 Å². The van der Waals surface area contributed by atoms with Crippen LogP contribution in [0.5, 0.6) is 5.95 Å². The monoisotopic (exact) mass is 301 g/mol. The summed E-state index contributed by atoms with van der Waals surface area (Å²) in [7, 11) is 1.51. The first-order valence-corrected chi connectivity index (χ1v) is 7.35. The minimum atomic E-state index is -0.121. The molecule has 5 nitrogen and oxygen atoms in total. The first-order chi connectivity index (χ1) is 10.8. The summed E-state index contributed by atoms with van der Waals surface area (Å²) < 4.78 is 16.1. The molecule has 1 amide bonds. The molecule has 1 aliphatic heterocycles. The molecule has 2 aromatic rings. The summed E-state index contributed by atoms with van der Waals surface area (Å²) in [5, 5.41) is 0. The Morgan fingerprint density at radius 3 is 2.82 bits per heavy atom. The number of hydrogen-bond donors (Lipinski definition) is 0. The highest BCUT2D eigenvalue weighted by Crippen LogP contribution is 2.19. The zero-order valence-corrected chi connectivity index (χ0v) is 12.5. The summed E-state index contributed by atoms with van der Waals surface area (Å²) in [5.41, 5.74) is 1.21. The number of carbonyl (C=O) groups is 1. The standard InChI is InChI=1S/C17H19NO4/c1-20-16-8-7-15(22-16)17(19)18-9-10-21-14(12-18)11-13-5-3-2-4-6-13/h2-8,14H,9-12H2,1H3/t14-/m0/s1. The maximum absolute atomic E-state index is 12.4. The van der Waals surface area contributed by atoms with Crippen LogP contribution in [0, 0.1) is 0 Å². The number of furan rings is 1. The third kappa shape index (κ3) is 3.31. The molecule has 116 valence electrons. The van der Waals surface area contributed by atoms with Gasteiger partial charge >= 0.3 is 0 Å².